The fraction of sp³-hybridized carbons (Fsp3) is 0.429. The molecule has 1 atom stereocenters. The first-order valence-corrected chi connectivity index (χ1v) is 10.2. The van der Waals surface area contributed by atoms with Crippen molar-refractivity contribution < 1.29 is 14.3 Å². The van der Waals surface area contributed by atoms with E-state index in [4.69, 9.17) is 0 Å². The molecule has 4 rings (SSSR count). The molecule has 4 N–H and O–H groups in total. The highest BCUT2D eigenvalue weighted by Crippen LogP contribution is 2.28. The molecule has 1 fully saturated rings. The average Bonchev–Trinajstić information content (AvgIpc) is 3.43. The molecule has 3 heterocycles. The Bertz CT molecular complexity index is 1100. The summed E-state index contributed by atoms with van der Waals surface area (Å²) in [6.07, 6.45) is 3.73. The van der Waals surface area contributed by atoms with Gasteiger partial charge in [0, 0.05) is 18.3 Å². The van der Waals surface area contributed by atoms with Crippen molar-refractivity contribution in [3.63, 3.8) is 0 Å². The van der Waals surface area contributed by atoms with Crippen molar-refractivity contribution in [2.45, 2.75) is 51.4 Å². The quantitative estimate of drug-likeness (QED) is 0.437. The molecule has 0 aliphatic heterocycles. The lowest BCUT2D eigenvalue weighted by molar-refractivity contribution is -0.00177. The molecule has 0 spiro atoms. The number of amides is 1. The first kappa shape index (κ1) is 21.0. The van der Waals surface area contributed by atoms with Crippen molar-refractivity contribution in [1.29, 1.82) is 0 Å². The van der Waals surface area contributed by atoms with Crippen LogP contribution in [-0.2, 0) is 0 Å². The number of fused-ring (bicyclic) bond motifs is 1. The van der Waals surface area contributed by atoms with Crippen LogP contribution in [0.2, 0.25) is 0 Å². The third-order valence-corrected chi connectivity index (χ3v) is 4.99. The number of alkyl halides is 1. The summed E-state index contributed by atoms with van der Waals surface area (Å²) in [4.78, 5) is 21.3. The smallest absolute Gasteiger partial charge is 0.255 e. The number of rotatable bonds is 8. The van der Waals surface area contributed by atoms with E-state index in [1.54, 1.807) is 16.6 Å². The number of pyridine rings is 1. The fourth-order valence-electron chi connectivity index (χ4n) is 3.00. The number of aryl methyl sites for hydroxylation is 1. The van der Waals surface area contributed by atoms with Gasteiger partial charge in [0.1, 0.15) is 12.0 Å². The van der Waals surface area contributed by atoms with Crippen LogP contribution in [0.25, 0.3) is 5.65 Å². The van der Waals surface area contributed by atoms with Gasteiger partial charge >= 0.3 is 0 Å². The molecule has 164 valence electrons. The lowest BCUT2D eigenvalue weighted by Crippen LogP contribution is -2.42. The maximum atomic E-state index is 14.0. The van der Waals surface area contributed by atoms with E-state index < -0.39 is 17.7 Å². The maximum Gasteiger partial charge on any atom is 0.255 e. The molecule has 3 aromatic heterocycles. The van der Waals surface area contributed by atoms with Crippen molar-refractivity contribution in [3.8, 4) is 0 Å². The Kier molecular flexibility index (Phi) is 5.48. The summed E-state index contributed by atoms with van der Waals surface area (Å²) in [6, 6.07) is 5.69. The van der Waals surface area contributed by atoms with E-state index in [-0.39, 0.29) is 6.54 Å². The van der Waals surface area contributed by atoms with Gasteiger partial charge in [0.25, 0.3) is 5.91 Å². The van der Waals surface area contributed by atoms with Gasteiger partial charge in [-0.2, -0.15) is 0 Å². The van der Waals surface area contributed by atoms with Gasteiger partial charge in [-0.3, -0.25) is 4.79 Å². The molecule has 0 saturated heterocycles. The summed E-state index contributed by atoms with van der Waals surface area (Å²) >= 11 is 0. The zero-order valence-corrected chi connectivity index (χ0v) is 17.7. The number of carbonyl (C=O) groups is 1. The van der Waals surface area contributed by atoms with Crippen molar-refractivity contribution in [2.75, 3.05) is 17.2 Å². The first-order chi connectivity index (χ1) is 14.7. The van der Waals surface area contributed by atoms with Crippen LogP contribution in [-0.4, -0.2) is 55.0 Å². The molecule has 1 amide bonds. The van der Waals surface area contributed by atoms with E-state index in [0.717, 1.165) is 24.2 Å². The number of aromatic nitrogens is 4. The standard InChI is InChI=1S/C21H26FN7O2/c1-12-11-29-19(25-12)7-6-17(28-29)27-18-8-15(26-13-4-5-13)14(9-23-18)20(30)24-10-16(22)21(2,3)31/h6-9,11,13,16,31H,4-5,10H2,1-3H3,(H,24,30)(H2,23,26,27,28)/t16-/m1/s1. The van der Waals surface area contributed by atoms with E-state index >= 15 is 0 Å². The number of anilines is 3. The lowest BCUT2D eigenvalue weighted by atomic mass is 10.0. The summed E-state index contributed by atoms with van der Waals surface area (Å²) in [5.41, 5.74) is 1.01. The summed E-state index contributed by atoms with van der Waals surface area (Å²) in [6.45, 7) is 4.33. The van der Waals surface area contributed by atoms with Gasteiger partial charge in [-0.1, -0.05) is 0 Å². The Morgan fingerprint density at radius 1 is 1.35 bits per heavy atom. The third-order valence-electron chi connectivity index (χ3n) is 4.99. The molecule has 0 unspecified atom stereocenters. The molecule has 3 aromatic rings. The van der Waals surface area contributed by atoms with Crippen molar-refractivity contribution in [2.24, 2.45) is 0 Å². The molecule has 0 aromatic carbocycles. The fourth-order valence-corrected chi connectivity index (χ4v) is 3.00. The molecular weight excluding hydrogens is 401 g/mol. The molecule has 0 radical (unpaired) electrons. The number of carbonyl (C=O) groups excluding carboxylic acids is 1. The summed E-state index contributed by atoms with van der Waals surface area (Å²) in [7, 11) is 0. The second-order valence-corrected chi connectivity index (χ2v) is 8.39. The van der Waals surface area contributed by atoms with Gasteiger partial charge in [-0.05, 0) is 45.7 Å². The van der Waals surface area contributed by atoms with Crippen LogP contribution >= 0.6 is 0 Å². The third kappa shape index (κ3) is 5.08. The summed E-state index contributed by atoms with van der Waals surface area (Å²) in [5, 5.41) is 23.2. The molecular formula is C21H26FN7O2. The van der Waals surface area contributed by atoms with Crippen LogP contribution in [0.15, 0.2) is 30.6 Å². The second-order valence-electron chi connectivity index (χ2n) is 8.39. The minimum absolute atomic E-state index is 0.292. The lowest BCUT2D eigenvalue weighted by Gasteiger charge is -2.22. The normalized spacial score (nSPS) is 15.0. The number of imidazole rings is 1. The Balaban J connectivity index is 1.52. The van der Waals surface area contributed by atoms with Crippen LogP contribution in [0.1, 0.15) is 42.7 Å². The molecule has 10 heteroatoms. The predicted molar refractivity (Wildman–Crippen MR) is 115 cm³/mol. The molecule has 1 aliphatic carbocycles. The molecule has 0 bridgehead atoms. The monoisotopic (exact) mass is 427 g/mol. The average molecular weight is 427 g/mol. The minimum Gasteiger partial charge on any atom is -0.387 e. The Morgan fingerprint density at radius 3 is 2.84 bits per heavy atom. The molecule has 31 heavy (non-hydrogen) atoms. The van der Waals surface area contributed by atoms with Crippen molar-refractivity contribution in [3.05, 3.63) is 41.9 Å². The van der Waals surface area contributed by atoms with E-state index in [1.165, 1.54) is 20.0 Å². The first-order valence-electron chi connectivity index (χ1n) is 10.2. The molecule has 9 nitrogen and oxygen atoms in total. The summed E-state index contributed by atoms with van der Waals surface area (Å²) < 4.78 is 15.7. The largest absolute Gasteiger partial charge is 0.387 e. The van der Waals surface area contributed by atoms with E-state index in [0.29, 0.717) is 28.9 Å². The predicted octanol–water partition coefficient (Wildman–Crippen LogP) is 2.59. The van der Waals surface area contributed by atoms with E-state index in [9.17, 15) is 14.3 Å². The van der Waals surface area contributed by atoms with Gasteiger partial charge in [0.15, 0.2) is 11.5 Å². The molecule has 1 saturated carbocycles. The van der Waals surface area contributed by atoms with Crippen LogP contribution in [0, 0.1) is 6.92 Å². The number of nitrogens with zero attached hydrogens (tertiary/aromatic N) is 4. The number of hydrogen-bond acceptors (Lipinski definition) is 7. The highest BCUT2D eigenvalue weighted by atomic mass is 19.1. The van der Waals surface area contributed by atoms with Crippen LogP contribution < -0.4 is 16.0 Å². The topological polar surface area (TPSA) is 116 Å². The zero-order valence-electron chi connectivity index (χ0n) is 17.7. The highest BCUT2D eigenvalue weighted by molar-refractivity contribution is 6.00. The maximum absolute atomic E-state index is 14.0. The number of hydrogen-bond donors (Lipinski definition) is 4. The van der Waals surface area contributed by atoms with Crippen molar-refractivity contribution in [1.82, 2.24) is 24.9 Å². The van der Waals surface area contributed by atoms with Gasteiger partial charge in [-0.15, -0.1) is 5.10 Å². The van der Waals surface area contributed by atoms with Gasteiger partial charge < -0.3 is 21.1 Å². The Morgan fingerprint density at radius 2 is 2.13 bits per heavy atom. The Labute approximate surface area is 179 Å². The zero-order chi connectivity index (χ0) is 22.2. The number of halogens is 1. The number of nitrogens with one attached hydrogen (secondary N) is 3. The van der Waals surface area contributed by atoms with Gasteiger partial charge in [0.2, 0.25) is 0 Å². The van der Waals surface area contributed by atoms with Crippen LogP contribution in [0.3, 0.4) is 0 Å². The molecule has 1 aliphatic rings. The highest BCUT2D eigenvalue weighted by Gasteiger charge is 2.28. The summed E-state index contributed by atoms with van der Waals surface area (Å²) in [5.74, 6) is 0.642. The van der Waals surface area contributed by atoms with E-state index in [2.05, 4.69) is 31.0 Å². The van der Waals surface area contributed by atoms with Gasteiger partial charge in [0.05, 0.1) is 35.3 Å². The van der Waals surface area contributed by atoms with Crippen LogP contribution in [0.5, 0.6) is 0 Å². The second kappa shape index (κ2) is 8.10. The van der Waals surface area contributed by atoms with Crippen LogP contribution in [0.4, 0.5) is 21.7 Å². The number of aliphatic hydroxyl groups is 1. The Hall–Kier alpha value is -3.27. The van der Waals surface area contributed by atoms with Crippen molar-refractivity contribution >= 4 is 28.9 Å². The van der Waals surface area contributed by atoms with E-state index in [1.807, 2.05) is 19.2 Å². The minimum atomic E-state index is -1.59. The SMILES string of the molecule is Cc1cn2nc(Nc3cc(NC4CC4)c(C(=O)NC[C@@H](F)C(C)(C)O)cn3)ccc2n1. The van der Waals surface area contributed by atoms with Gasteiger partial charge in [-0.25, -0.2) is 18.9 Å².